The van der Waals surface area contributed by atoms with Gasteiger partial charge in [-0.1, -0.05) is 13.0 Å². The fourth-order valence-corrected chi connectivity index (χ4v) is 3.24. The number of hydrogen-bond donors (Lipinski definition) is 1. The molecular formula is C16H21F2NO. The molecule has 1 heterocycles. The normalized spacial score (nSPS) is 34.4. The van der Waals surface area contributed by atoms with Crippen LogP contribution >= 0.6 is 0 Å². The van der Waals surface area contributed by atoms with E-state index in [1.807, 2.05) is 0 Å². The monoisotopic (exact) mass is 281 g/mol. The summed E-state index contributed by atoms with van der Waals surface area (Å²) in [6.07, 6.45) is 4.55. The van der Waals surface area contributed by atoms with Crippen molar-refractivity contribution in [3.8, 4) is 0 Å². The number of hydrogen-bond acceptors (Lipinski definition) is 2. The number of ether oxygens (including phenoxy) is 1. The van der Waals surface area contributed by atoms with Crippen LogP contribution in [0.15, 0.2) is 18.2 Å². The predicted molar refractivity (Wildman–Crippen MR) is 73.4 cm³/mol. The summed E-state index contributed by atoms with van der Waals surface area (Å²) in [6, 6.07) is 4.01. The van der Waals surface area contributed by atoms with E-state index in [9.17, 15) is 8.78 Å². The zero-order valence-corrected chi connectivity index (χ0v) is 11.8. The third-order valence-electron chi connectivity index (χ3n) is 4.77. The van der Waals surface area contributed by atoms with Gasteiger partial charge < -0.3 is 10.1 Å². The fraction of sp³-hybridized carbons (Fsp3) is 0.625. The van der Waals surface area contributed by atoms with Gasteiger partial charge in [-0.3, -0.25) is 0 Å². The van der Waals surface area contributed by atoms with Gasteiger partial charge in [-0.25, -0.2) is 8.78 Å². The van der Waals surface area contributed by atoms with E-state index in [0.717, 1.165) is 18.8 Å². The molecule has 1 spiro atoms. The Kier molecular flexibility index (Phi) is 3.78. The molecule has 2 aliphatic rings. The molecule has 2 nitrogen and oxygen atoms in total. The minimum absolute atomic E-state index is 0.0988. The van der Waals surface area contributed by atoms with Gasteiger partial charge in [-0.05, 0) is 49.3 Å². The molecule has 1 aromatic rings. The summed E-state index contributed by atoms with van der Waals surface area (Å²) in [6.45, 7) is 3.61. The van der Waals surface area contributed by atoms with Crippen molar-refractivity contribution in [1.29, 1.82) is 0 Å². The highest BCUT2D eigenvalue weighted by Gasteiger charge is 2.38. The zero-order valence-electron chi connectivity index (χ0n) is 11.8. The van der Waals surface area contributed by atoms with Crippen molar-refractivity contribution >= 4 is 0 Å². The van der Waals surface area contributed by atoms with Gasteiger partial charge in [0.05, 0.1) is 12.7 Å². The largest absolute Gasteiger partial charge is 0.370 e. The van der Waals surface area contributed by atoms with Gasteiger partial charge in [0.2, 0.25) is 0 Å². The molecule has 1 N–H and O–H groups in total. The molecule has 1 aliphatic carbocycles. The third-order valence-corrected chi connectivity index (χ3v) is 4.77. The molecule has 3 rings (SSSR count). The van der Waals surface area contributed by atoms with Crippen molar-refractivity contribution in [2.75, 3.05) is 13.2 Å². The topological polar surface area (TPSA) is 21.3 Å². The standard InChI is InChI=1S/C16H21F2NO/c1-11-4-6-16(7-5-11)10-20-15(9-19-16)12-2-3-13(17)14(18)8-12/h2-3,8,11,15,19H,4-7,9-10H2,1H3. The second-order valence-corrected chi connectivity index (χ2v) is 6.32. The first-order valence-electron chi connectivity index (χ1n) is 7.40. The number of morpholine rings is 1. The molecule has 0 bridgehead atoms. The van der Waals surface area contributed by atoms with Crippen LogP contribution in [-0.4, -0.2) is 18.7 Å². The Labute approximate surface area is 118 Å². The van der Waals surface area contributed by atoms with E-state index >= 15 is 0 Å². The molecule has 20 heavy (non-hydrogen) atoms. The average molecular weight is 281 g/mol. The second-order valence-electron chi connectivity index (χ2n) is 6.32. The average Bonchev–Trinajstić information content (AvgIpc) is 2.46. The Hall–Kier alpha value is -1.00. The summed E-state index contributed by atoms with van der Waals surface area (Å²) in [4.78, 5) is 0. The van der Waals surface area contributed by atoms with Crippen molar-refractivity contribution in [2.24, 2.45) is 5.92 Å². The molecule has 0 radical (unpaired) electrons. The number of benzene rings is 1. The van der Waals surface area contributed by atoms with Gasteiger partial charge in [0.1, 0.15) is 0 Å². The molecule has 4 heteroatoms. The summed E-state index contributed by atoms with van der Waals surface area (Å²) in [5.74, 6) is -0.820. The summed E-state index contributed by atoms with van der Waals surface area (Å²) >= 11 is 0. The van der Waals surface area contributed by atoms with E-state index in [-0.39, 0.29) is 11.6 Å². The van der Waals surface area contributed by atoms with Gasteiger partial charge >= 0.3 is 0 Å². The van der Waals surface area contributed by atoms with Crippen LogP contribution in [0.3, 0.4) is 0 Å². The Morgan fingerprint density at radius 1 is 1.20 bits per heavy atom. The Morgan fingerprint density at radius 3 is 2.55 bits per heavy atom. The lowest BCUT2D eigenvalue weighted by Gasteiger charge is -2.45. The summed E-state index contributed by atoms with van der Waals surface area (Å²) < 4.78 is 32.2. The van der Waals surface area contributed by atoms with Crippen molar-refractivity contribution in [1.82, 2.24) is 5.32 Å². The zero-order chi connectivity index (χ0) is 14.2. The lowest BCUT2D eigenvalue weighted by Crippen LogP contribution is -2.56. The van der Waals surface area contributed by atoms with E-state index in [1.54, 1.807) is 6.07 Å². The van der Waals surface area contributed by atoms with E-state index < -0.39 is 11.6 Å². The van der Waals surface area contributed by atoms with Gasteiger partial charge in [0.15, 0.2) is 11.6 Å². The number of rotatable bonds is 1. The quantitative estimate of drug-likeness (QED) is 0.849. The van der Waals surface area contributed by atoms with Crippen LogP contribution in [0.25, 0.3) is 0 Å². The summed E-state index contributed by atoms with van der Waals surface area (Å²) in [5, 5.41) is 3.60. The van der Waals surface area contributed by atoms with Crippen LogP contribution in [0.1, 0.15) is 44.3 Å². The molecular weight excluding hydrogens is 260 g/mol. The van der Waals surface area contributed by atoms with Gasteiger partial charge in [-0.15, -0.1) is 0 Å². The number of nitrogens with one attached hydrogen (secondary N) is 1. The minimum atomic E-state index is -0.810. The molecule has 1 aromatic carbocycles. The SMILES string of the molecule is CC1CCC2(CC1)COC(c1ccc(F)c(F)c1)CN2. The van der Waals surface area contributed by atoms with Crippen molar-refractivity contribution in [2.45, 2.75) is 44.2 Å². The molecule has 2 fully saturated rings. The molecule has 0 aromatic heterocycles. The summed E-state index contributed by atoms with van der Waals surface area (Å²) in [5.41, 5.74) is 0.803. The van der Waals surface area contributed by atoms with Gasteiger partial charge in [0.25, 0.3) is 0 Å². The maximum atomic E-state index is 13.3. The first-order chi connectivity index (χ1) is 9.58. The molecule has 1 aliphatic heterocycles. The minimum Gasteiger partial charge on any atom is -0.370 e. The molecule has 1 unspecified atom stereocenters. The van der Waals surface area contributed by atoms with Crippen molar-refractivity contribution < 1.29 is 13.5 Å². The first-order valence-corrected chi connectivity index (χ1v) is 7.40. The van der Waals surface area contributed by atoms with Crippen LogP contribution in [0.2, 0.25) is 0 Å². The van der Waals surface area contributed by atoms with Gasteiger partial charge in [0, 0.05) is 12.1 Å². The van der Waals surface area contributed by atoms with E-state index in [2.05, 4.69) is 12.2 Å². The number of halogens is 2. The second kappa shape index (κ2) is 5.41. The molecule has 1 saturated carbocycles. The van der Waals surface area contributed by atoms with Crippen molar-refractivity contribution in [3.63, 3.8) is 0 Å². The smallest absolute Gasteiger partial charge is 0.159 e. The van der Waals surface area contributed by atoms with Crippen molar-refractivity contribution in [3.05, 3.63) is 35.4 Å². The highest BCUT2D eigenvalue weighted by Crippen LogP contribution is 2.36. The lowest BCUT2D eigenvalue weighted by atomic mass is 9.77. The molecule has 1 saturated heterocycles. The Balaban J connectivity index is 1.65. The lowest BCUT2D eigenvalue weighted by molar-refractivity contribution is -0.0505. The van der Waals surface area contributed by atoms with Crippen LogP contribution in [0.5, 0.6) is 0 Å². The van der Waals surface area contributed by atoms with E-state index in [0.29, 0.717) is 18.7 Å². The van der Waals surface area contributed by atoms with E-state index in [1.165, 1.54) is 25.0 Å². The van der Waals surface area contributed by atoms with Crippen LogP contribution < -0.4 is 5.32 Å². The van der Waals surface area contributed by atoms with E-state index in [4.69, 9.17) is 4.74 Å². The maximum absolute atomic E-state index is 13.3. The van der Waals surface area contributed by atoms with Gasteiger partial charge in [-0.2, -0.15) is 0 Å². The highest BCUT2D eigenvalue weighted by molar-refractivity contribution is 5.21. The molecule has 0 amide bonds. The van der Waals surface area contributed by atoms with Crippen LogP contribution in [0.4, 0.5) is 8.78 Å². The maximum Gasteiger partial charge on any atom is 0.159 e. The fourth-order valence-electron chi connectivity index (χ4n) is 3.24. The predicted octanol–water partition coefficient (Wildman–Crippen LogP) is 3.57. The first kappa shape index (κ1) is 14.0. The highest BCUT2D eigenvalue weighted by atomic mass is 19.2. The third kappa shape index (κ3) is 2.72. The van der Waals surface area contributed by atoms with Crippen LogP contribution in [0, 0.1) is 17.6 Å². The summed E-state index contributed by atoms with van der Waals surface area (Å²) in [7, 11) is 0. The molecule has 1 atom stereocenters. The molecule has 110 valence electrons. The Morgan fingerprint density at radius 2 is 1.95 bits per heavy atom. The van der Waals surface area contributed by atoms with Crippen LogP contribution in [-0.2, 0) is 4.74 Å². The Bertz CT molecular complexity index is 473.